The molecule has 242 valence electrons. The average Bonchev–Trinajstić information content (AvgIpc) is 3.68. The first-order chi connectivity index (χ1) is 24.6. The van der Waals surface area contributed by atoms with E-state index in [1.165, 1.54) is 55.3 Å². The lowest BCUT2D eigenvalue weighted by atomic mass is 9.63. The SMILES string of the molecule is CC1CC=CC2N=C(n3c4ccccc4c4cc(-c5ccc6c(c5)c5c(n6-c6ccccc6)CCC=C5)ccc43)N=C(c3ccccc3)C12C. The van der Waals surface area contributed by atoms with Crippen molar-refractivity contribution in [1.82, 2.24) is 9.13 Å². The Balaban J connectivity index is 1.15. The Morgan fingerprint density at radius 1 is 0.660 bits per heavy atom. The van der Waals surface area contributed by atoms with Crippen LogP contribution in [0.4, 0.5) is 0 Å². The van der Waals surface area contributed by atoms with Crippen LogP contribution in [0, 0.1) is 11.3 Å². The van der Waals surface area contributed by atoms with Crippen molar-refractivity contribution in [1.29, 1.82) is 0 Å². The van der Waals surface area contributed by atoms with Crippen LogP contribution < -0.4 is 0 Å². The monoisotopic (exact) mass is 646 g/mol. The van der Waals surface area contributed by atoms with Gasteiger partial charge in [-0.15, -0.1) is 0 Å². The molecule has 5 aromatic carbocycles. The van der Waals surface area contributed by atoms with E-state index < -0.39 is 0 Å². The van der Waals surface area contributed by atoms with Crippen LogP contribution in [-0.4, -0.2) is 26.8 Å². The van der Waals surface area contributed by atoms with E-state index in [0.717, 1.165) is 42.0 Å². The minimum atomic E-state index is -0.183. The minimum absolute atomic E-state index is 0.0133. The number of allylic oxidation sites excluding steroid dienone is 2. The van der Waals surface area contributed by atoms with E-state index in [0.29, 0.717) is 5.92 Å². The Bertz CT molecular complexity index is 2600. The number of fused-ring (bicyclic) bond motifs is 7. The molecule has 3 atom stereocenters. The van der Waals surface area contributed by atoms with Gasteiger partial charge in [-0.3, -0.25) is 4.57 Å². The predicted octanol–water partition coefficient (Wildman–Crippen LogP) is 11.0. The fourth-order valence-corrected chi connectivity index (χ4v) is 8.79. The van der Waals surface area contributed by atoms with E-state index in [4.69, 9.17) is 9.98 Å². The summed E-state index contributed by atoms with van der Waals surface area (Å²) in [6.45, 7) is 4.70. The Labute approximate surface area is 292 Å². The molecule has 0 saturated heterocycles. The number of rotatable bonds is 3. The van der Waals surface area contributed by atoms with E-state index in [-0.39, 0.29) is 11.5 Å². The Hall–Kier alpha value is -5.74. The third-order valence-electron chi connectivity index (χ3n) is 11.6. The molecule has 0 amide bonds. The summed E-state index contributed by atoms with van der Waals surface area (Å²) >= 11 is 0. The highest BCUT2D eigenvalue weighted by Gasteiger charge is 2.47. The van der Waals surface area contributed by atoms with Crippen LogP contribution >= 0.6 is 0 Å². The second-order valence-corrected chi connectivity index (χ2v) is 14.3. The van der Waals surface area contributed by atoms with E-state index in [1.807, 2.05) is 0 Å². The van der Waals surface area contributed by atoms with Gasteiger partial charge in [-0.2, -0.15) is 0 Å². The zero-order chi connectivity index (χ0) is 33.4. The topological polar surface area (TPSA) is 34.6 Å². The van der Waals surface area contributed by atoms with Crippen LogP contribution in [0.5, 0.6) is 0 Å². The predicted molar refractivity (Wildman–Crippen MR) is 210 cm³/mol. The van der Waals surface area contributed by atoms with Crippen molar-refractivity contribution in [3.05, 3.63) is 156 Å². The van der Waals surface area contributed by atoms with Gasteiger partial charge in [0.1, 0.15) is 0 Å². The van der Waals surface area contributed by atoms with Crippen LogP contribution in [0.15, 0.2) is 150 Å². The van der Waals surface area contributed by atoms with Crippen LogP contribution in [0.3, 0.4) is 0 Å². The van der Waals surface area contributed by atoms with Gasteiger partial charge < -0.3 is 4.57 Å². The molecule has 0 spiro atoms. The lowest BCUT2D eigenvalue weighted by molar-refractivity contribution is 0.263. The molecule has 2 aliphatic carbocycles. The highest BCUT2D eigenvalue weighted by Crippen LogP contribution is 2.45. The van der Waals surface area contributed by atoms with Crippen LogP contribution in [0.2, 0.25) is 0 Å². The smallest absolute Gasteiger partial charge is 0.230 e. The molecule has 0 bridgehead atoms. The molecule has 0 radical (unpaired) electrons. The van der Waals surface area contributed by atoms with Crippen molar-refractivity contribution in [3.63, 3.8) is 0 Å². The average molecular weight is 647 g/mol. The number of hydrogen-bond acceptors (Lipinski definition) is 2. The molecular weight excluding hydrogens is 609 g/mol. The number of para-hydroxylation sites is 2. The van der Waals surface area contributed by atoms with E-state index in [9.17, 15) is 0 Å². The molecule has 0 saturated carbocycles. The fourth-order valence-electron chi connectivity index (χ4n) is 8.79. The lowest BCUT2D eigenvalue weighted by Crippen LogP contribution is -2.48. The van der Waals surface area contributed by atoms with E-state index in [2.05, 4.69) is 169 Å². The van der Waals surface area contributed by atoms with Gasteiger partial charge in [-0.05, 0) is 84.3 Å². The summed E-state index contributed by atoms with van der Waals surface area (Å²) in [5, 5.41) is 3.72. The normalized spacial score (nSPS) is 21.3. The molecule has 7 aromatic rings. The largest absolute Gasteiger partial charge is 0.313 e. The standard InChI is InChI=1S/C46H38N4/c1-30-14-13-23-43-46(30,2)44(31-15-5-3-6-16-31)48-45(47-43)50-40-22-12-10-20-36(40)38-29-33(25-27-42(38)50)32-24-26-41-37(28-32)35-19-9-11-21-39(35)49(41)34-17-7-4-8-18-34/h3-10,12-13,15-20,22-30,43H,11,14,21H2,1-2H3. The maximum absolute atomic E-state index is 5.47. The van der Waals surface area contributed by atoms with Gasteiger partial charge in [0.15, 0.2) is 0 Å². The Morgan fingerprint density at radius 3 is 2.14 bits per heavy atom. The molecule has 0 fully saturated rings. The Kier molecular flexibility index (Phi) is 6.51. The zero-order valence-electron chi connectivity index (χ0n) is 28.4. The van der Waals surface area contributed by atoms with Crippen molar-refractivity contribution >= 4 is 50.5 Å². The number of benzene rings is 5. The summed E-state index contributed by atoms with van der Waals surface area (Å²) in [6.07, 6.45) is 12.4. The lowest BCUT2D eigenvalue weighted by Gasteiger charge is -2.44. The van der Waals surface area contributed by atoms with Crippen molar-refractivity contribution in [2.45, 2.75) is 39.2 Å². The number of aromatic nitrogens is 2. The molecule has 3 heterocycles. The van der Waals surface area contributed by atoms with E-state index >= 15 is 0 Å². The van der Waals surface area contributed by atoms with Crippen molar-refractivity contribution in [2.75, 3.05) is 0 Å². The maximum atomic E-state index is 5.47. The summed E-state index contributed by atoms with van der Waals surface area (Å²) in [4.78, 5) is 10.9. The molecule has 4 heteroatoms. The van der Waals surface area contributed by atoms with E-state index in [1.54, 1.807) is 0 Å². The highest BCUT2D eigenvalue weighted by atomic mass is 15.2. The van der Waals surface area contributed by atoms with Gasteiger partial charge in [-0.25, -0.2) is 9.98 Å². The van der Waals surface area contributed by atoms with Gasteiger partial charge in [0.25, 0.3) is 0 Å². The quantitative estimate of drug-likeness (QED) is 0.171. The number of nitrogens with zero attached hydrogens (tertiary/aromatic N) is 4. The van der Waals surface area contributed by atoms with Crippen molar-refractivity contribution in [2.24, 2.45) is 21.3 Å². The fraction of sp³-hybridized carbons (Fsp3) is 0.174. The molecule has 3 unspecified atom stereocenters. The third kappa shape index (κ3) is 4.24. The molecule has 3 aliphatic rings. The zero-order valence-corrected chi connectivity index (χ0v) is 28.4. The van der Waals surface area contributed by atoms with Crippen molar-refractivity contribution < 1.29 is 0 Å². The first kappa shape index (κ1) is 29.2. The Morgan fingerprint density at radius 2 is 1.34 bits per heavy atom. The maximum Gasteiger partial charge on any atom is 0.230 e. The summed E-state index contributed by atoms with van der Waals surface area (Å²) in [5.74, 6) is 1.18. The minimum Gasteiger partial charge on any atom is -0.313 e. The first-order valence-corrected chi connectivity index (χ1v) is 17.9. The van der Waals surface area contributed by atoms with Gasteiger partial charge in [0.05, 0.1) is 28.3 Å². The summed E-state index contributed by atoms with van der Waals surface area (Å²) in [7, 11) is 0. The number of hydrogen-bond donors (Lipinski definition) is 0. The molecule has 10 rings (SSSR count). The van der Waals surface area contributed by atoms with Gasteiger partial charge in [0.2, 0.25) is 5.96 Å². The van der Waals surface area contributed by atoms with Gasteiger partial charge in [-0.1, -0.05) is 117 Å². The second-order valence-electron chi connectivity index (χ2n) is 14.3. The molecule has 1 aliphatic heterocycles. The van der Waals surface area contributed by atoms with Crippen LogP contribution in [0.25, 0.3) is 55.6 Å². The number of aliphatic imine (C=N–C) groups is 2. The summed E-state index contributed by atoms with van der Waals surface area (Å²) < 4.78 is 4.74. The molecule has 50 heavy (non-hydrogen) atoms. The van der Waals surface area contributed by atoms with Crippen LogP contribution in [0.1, 0.15) is 43.5 Å². The molecular formula is C46H38N4. The van der Waals surface area contributed by atoms with Gasteiger partial charge >= 0.3 is 0 Å². The molecule has 0 N–H and O–H groups in total. The van der Waals surface area contributed by atoms with Gasteiger partial charge in [0, 0.05) is 38.5 Å². The summed E-state index contributed by atoms with van der Waals surface area (Å²) in [5.41, 5.74) is 12.0. The highest BCUT2D eigenvalue weighted by molar-refractivity contribution is 6.19. The van der Waals surface area contributed by atoms with Crippen LogP contribution in [-0.2, 0) is 6.42 Å². The van der Waals surface area contributed by atoms with Crippen molar-refractivity contribution in [3.8, 4) is 16.8 Å². The molecule has 4 nitrogen and oxygen atoms in total. The first-order valence-electron chi connectivity index (χ1n) is 17.9. The second kappa shape index (κ2) is 11.1. The third-order valence-corrected chi connectivity index (χ3v) is 11.6. The summed E-state index contributed by atoms with van der Waals surface area (Å²) in [6, 6.07) is 44.1. The molecule has 2 aromatic heterocycles.